The summed E-state index contributed by atoms with van der Waals surface area (Å²) in [6.45, 7) is 0. The molecule has 0 aliphatic heterocycles. The molecule has 0 aliphatic carbocycles. The molecule has 0 unspecified atom stereocenters. The second-order valence-corrected chi connectivity index (χ2v) is 7.10. The molecule has 0 heterocycles. The van der Waals surface area contributed by atoms with Crippen LogP contribution >= 0.6 is 15.9 Å². The van der Waals surface area contributed by atoms with Gasteiger partial charge in [-0.15, -0.1) is 0 Å². The van der Waals surface area contributed by atoms with Gasteiger partial charge in [-0.25, -0.2) is 0 Å². The van der Waals surface area contributed by atoms with Crippen molar-refractivity contribution in [1.82, 2.24) is 0 Å². The van der Waals surface area contributed by atoms with E-state index in [-0.39, 0.29) is 17.2 Å². The van der Waals surface area contributed by atoms with E-state index in [2.05, 4.69) is 20.9 Å². The van der Waals surface area contributed by atoms with E-state index in [1.165, 1.54) is 13.2 Å². The molecular formula is C21H14BrF3N2O4. The molecule has 0 amide bonds. The fourth-order valence-corrected chi connectivity index (χ4v) is 2.98. The number of nitrogens with zero attached hydrogens (tertiary/aromatic N) is 2. The van der Waals surface area contributed by atoms with Crippen LogP contribution in [0.3, 0.4) is 0 Å². The highest BCUT2D eigenvalue weighted by atomic mass is 79.9. The molecule has 0 fully saturated rings. The number of aliphatic imine (C=N–C) groups is 1. The molecule has 0 spiro atoms. The lowest BCUT2D eigenvalue weighted by molar-refractivity contribution is -0.385. The lowest BCUT2D eigenvalue weighted by Crippen LogP contribution is -2.06. The average molecular weight is 495 g/mol. The van der Waals surface area contributed by atoms with E-state index in [9.17, 15) is 23.3 Å². The van der Waals surface area contributed by atoms with E-state index < -0.39 is 22.4 Å². The Morgan fingerprint density at radius 2 is 1.77 bits per heavy atom. The normalized spacial score (nSPS) is 11.5. The van der Waals surface area contributed by atoms with Crippen molar-refractivity contribution in [2.75, 3.05) is 7.11 Å². The van der Waals surface area contributed by atoms with E-state index in [0.717, 1.165) is 10.5 Å². The number of hydrogen-bond donors (Lipinski definition) is 0. The van der Waals surface area contributed by atoms with Crippen LogP contribution in [0, 0.1) is 10.1 Å². The number of ether oxygens (including phenoxy) is 2. The van der Waals surface area contributed by atoms with E-state index >= 15 is 0 Å². The van der Waals surface area contributed by atoms with Gasteiger partial charge in [0.15, 0.2) is 11.5 Å². The summed E-state index contributed by atoms with van der Waals surface area (Å²) in [5, 5.41) is 11.2. The lowest BCUT2D eigenvalue weighted by Gasteiger charge is -2.12. The van der Waals surface area contributed by atoms with Crippen molar-refractivity contribution in [3.8, 4) is 17.2 Å². The number of hydrogen-bond acceptors (Lipinski definition) is 5. The number of rotatable bonds is 6. The first-order valence-electron chi connectivity index (χ1n) is 8.68. The third-order valence-corrected chi connectivity index (χ3v) is 4.55. The maximum atomic E-state index is 12.9. The molecule has 0 aromatic heterocycles. The number of benzene rings is 3. The Bertz CT molecular complexity index is 1150. The van der Waals surface area contributed by atoms with Gasteiger partial charge in [-0.3, -0.25) is 15.1 Å². The van der Waals surface area contributed by atoms with Gasteiger partial charge >= 0.3 is 11.9 Å². The molecule has 0 N–H and O–H groups in total. The summed E-state index contributed by atoms with van der Waals surface area (Å²) in [7, 11) is 1.37. The first-order valence-corrected chi connectivity index (χ1v) is 9.48. The molecule has 0 atom stereocenters. The molecule has 3 rings (SSSR count). The third kappa shape index (κ3) is 5.60. The molecule has 3 aromatic carbocycles. The zero-order valence-corrected chi connectivity index (χ0v) is 17.5. The Morgan fingerprint density at radius 1 is 1.03 bits per heavy atom. The number of alkyl halides is 3. The number of nitro benzene ring substituents is 1. The van der Waals surface area contributed by atoms with Crippen molar-refractivity contribution >= 4 is 33.5 Å². The summed E-state index contributed by atoms with van der Waals surface area (Å²) >= 11 is 3.36. The van der Waals surface area contributed by atoms with Crippen LogP contribution in [0.15, 0.2) is 70.1 Å². The first-order chi connectivity index (χ1) is 14.7. The molecular weight excluding hydrogens is 481 g/mol. The Labute approximate surface area is 183 Å². The summed E-state index contributed by atoms with van der Waals surface area (Å²) in [5.41, 5.74) is -0.574. The van der Waals surface area contributed by atoms with Gasteiger partial charge < -0.3 is 9.47 Å². The SMILES string of the molecule is COc1cc(C=Nc2cccc(Br)c2)ccc1Oc1ccc(C(F)(F)F)cc1[N+](=O)[O-]. The van der Waals surface area contributed by atoms with Crippen LogP contribution in [0.5, 0.6) is 17.2 Å². The molecule has 0 bridgehead atoms. The second-order valence-electron chi connectivity index (χ2n) is 6.19. The molecule has 160 valence electrons. The van der Waals surface area contributed by atoms with Crippen molar-refractivity contribution in [3.05, 3.63) is 86.4 Å². The monoisotopic (exact) mass is 494 g/mol. The predicted octanol–water partition coefficient (Wildman–Crippen LogP) is 6.93. The maximum absolute atomic E-state index is 12.9. The van der Waals surface area contributed by atoms with Gasteiger partial charge in [0.2, 0.25) is 5.75 Å². The minimum atomic E-state index is -4.71. The predicted molar refractivity (Wildman–Crippen MR) is 113 cm³/mol. The van der Waals surface area contributed by atoms with Crippen LogP contribution in [0.1, 0.15) is 11.1 Å². The van der Waals surface area contributed by atoms with Crippen molar-refractivity contribution in [2.24, 2.45) is 4.99 Å². The smallest absolute Gasteiger partial charge is 0.416 e. The maximum Gasteiger partial charge on any atom is 0.416 e. The van der Waals surface area contributed by atoms with Crippen LogP contribution in [-0.2, 0) is 6.18 Å². The van der Waals surface area contributed by atoms with Gasteiger partial charge in [-0.1, -0.05) is 22.0 Å². The fraction of sp³-hybridized carbons (Fsp3) is 0.0952. The minimum Gasteiger partial charge on any atom is -0.493 e. The molecule has 31 heavy (non-hydrogen) atoms. The second kappa shape index (κ2) is 9.17. The highest BCUT2D eigenvalue weighted by Gasteiger charge is 2.33. The Morgan fingerprint density at radius 3 is 2.42 bits per heavy atom. The van der Waals surface area contributed by atoms with Gasteiger partial charge in [0.1, 0.15) is 0 Å². The Balaban J connectivity index is 1.89. The summed E-state index contributed by atoms with van der Waals surface area (Å²) < 4.78 is 50.3. The Kier molecular flexibility index (Phi) is 6.59. The van der Waals surface area contributed by atoms with Crippen LogP contribution in [0.2, 0.25) is 0 Å². The molecule has 0 saturated heterocycles. The number of methoxy groups -OCH3 is 1. The highest BCUT2D eigenvalue weighted by molar-refractivity contribution is 9.10. The molecule has 0 aliphatic rings. The highest BCUT2D eigenvalue weighted by Crippen LogP contribution is 2.40. The van der Waals surface area contributed by atoms with Crippen molar-refractivity contribution in [1.29, 1.82) is 0 Å². The van der Waals surface area contributed by atoms with Crippen LogP contribution in [0.4, 0.5) is 24.5 Å². The quantitative estimate of drug-likeness (QED) is 0.211. The average Bonchev–Trinajstić information content (AvgIpc) is 2.72. The largest absolute Gasteiger partial charge is 0.493 e. The topological polar surface area (TPSA) is 74.0 Å². The van der Waals surface area contributed by atoms with E-state index in [1.807, 2.05) is 24.3 Å². The van der Waals surface area contributed by atoms with E-state index in [1.54, 1.807) is 18.3 Å². The molecule has 0 saturated carbocycles. The van der Waals surface area contributed by atoms with Crippen LogP contribution in [0.25, 0.3) is 0 Å². The van der Waals surface area contributed by atoms with E-state index in [0.29, 0.717) is 23.4 Å². The van der Waals surface area contributed by atoms with Crippen LogP contribution < -0.4 is 9.47 Å². The minimum absolute atomic E-state index is 0.102. The van der Waals surface area contributed by atoms with Gasteiger partial charge in [0.25, 0.3) is 0 Å². The first kappa shape index (κ1) is 22.3. The lowest BCUT2D eigenvalue weighted by atomic mass is 10.1. The zero-order valence-electron chi connectivity index (χ0n) is 15.9. The molecule has 10 heteroatoms. The number of nitro groups is 1. The zero-order chi connectivity index (χ0) is 22.6. The van der Waals surface area contributed by atoms with Crippen molar-refractivity contribution in [3.63, 3.8) is 0 Å². The van der Waals surface area contributed by atoms with E-state index in [4.69, 9.17) is 9.47 Å². The molecule has 3 aromatic rings. The fourth-order valence-electron chi connectivity index (χ4n) is 2.60. The molecule has 0 radical (unpaired) electrons. The van der Waals surface area contributed by atoms with Gasteiger partial charge in [0, 0.05) is 16.8 Å². The van der Waals surface area contributed by atoms with Gasteiger partial charge in [-0.05, 0) is 54.1 Å². The summed E-state index contributed by atoms with van der Waals surface area (Å²) in [4.78, 5) is 14.7. The summed E-state index contributed by atoms with van der Waals surface area (Å²) in [6, 6.07) is 14.1. The third-order valence-electron chi connectivity index (χ3n) is 4.06. The Hall–Kier alpha value is -3.40. The van der Waals surface area contributed by atoms with Crippen molar-refractivity contribution in [2.45, 2.75) is 6.18 Å². The summed E-state index contributed by atoms with van der Waals surface area (Å²) in [6.07, 6.45) is -3.12. The summed E-state index contributed by atoms with van der Waals surface area (Å²) in [5.74, 6) is -0.01000. The van der Waals surface area contributed by atoms with Gasteiger partial charge in [-0.2, -0.15) is 13.2 Å². The van der Waals surface area contributed by atoms with Gasteiger partial charge in [0.05, 0.1) is 23.3 Å². The molecule has 6 nitrogen and oxygen atoms in total. The van der Waals surface area contributed by atoms with Crippen molar-refractivity contribution < 1.29 is 27.6 Å². The standard InChI is InChI=1S/C21H14BrF3N2O4/c1-30-20-9-13(12-26-16-4-2-3-15(22)11-16)5-7-19(20)31-18-8-6-14(21(23,24)25)10-17(18)27(28)29/h2-12H,1H3. The number of halogens is 4. The van der Waals surface area contributed by atoms with Crippen LogP contribution in [-0.4, -0.2) is 18.2 Å².